The van der Waals surface area contributed by atoms with Crippen LogP contribution < -0.4 is 5.32 Å². The Hall–Kier alpha value is -2.36. The Morgan fingerprint density at radius 2 is 1.76 bits per heavy atom. The summed E-state index contributed by atoms with van der Waals surface area (Å²) in [6.07, 6.45) is 6.60. The van der Waals surface area contributed by atoms with Gasteiger partial charge in [-0.1, -0.05) is 50.6 Å². The number of benzene rings is 1. The van der Waals surface area contributed by atoms with Crippen molar-refractivity contribution in [3.63, 3.8) is 0 Å². The summed E-state index contributed by atoms with van der Waals surface area (Å²) < 4.78 is 5.94. The molecule has 1 N–H and O–H groups in total. The number of Topliss-reactive ketones (excluding diaryl/α,β-unsaturated/α-hetero) is 1. The van der Waals surface area contributed by atoms with Crippen LogP contribution in [-0.2, 0) is 14.3 Å². The van der Waals surface area contributed by atoms with Crippen molar-refractivity contribution < 1.29 is 14.3 Å². The lowest BCUT2D eigenvalue weighted by molar-refractivity contribution is -0.146. The number of dihydropyridines is 1. The molecule has 0 unspecified atom stereocenters. The molecule has 1 saturated carbocycles. The van der Waals surface area contributed by atoms with E-state index in [1.165, 1.54) is 6.42 Å². The minimum Gasteiger partial charge on any atom is -0.459 e. The normalized spacial score (nSPS) is 24.8. The van der Waals surface area contributed by atoms with Gasteiger partial charge < -0.3 is 10.1 Å². The number of nitrogens with one attached hydrogen (secondary N) is 1. The molecule has 1 aromatic rings. The Labute approximate surface area is 173 Å². The molecule has 0 saturated heterocycles. The fourth-order valence-corrected chi connectivity index (χ4v) is 5.08. The molecular weight excluding hydrogens is 362 g/mol. The minimum absolute atomic E-state index is 0.00987. The Morgan fingerprint density at radius 3 is 2.45 bits per heavy atom. The molecule has 4 rings (SSSR count). The molecule has 1 aliphatic heterocycles. The monoisotopic (exact) mass is 393 g/mol. The summed E-state index contributed by atoms with van der Waals surface area (Å²) in [5.41, 5.74) is 4.01. The van der Waals surface area contributed by atoms with Gasteiger partial charge in [-0.15, -0.1) is 0 Å². The van der Waals surface area contributed by atoms with Crippen LogP contribution in [0.1, 0.15) is 77.2 Å². The zero-order chi connectivity index (χ0) is 20.6. The lowest BCUT2D eigenvalue weighted by Crippen LogP contribution is -2.39. The van der Waals surface area contributed by atoms with Crippen molar-refractivity contribution in [3.8, 4) is 0 Å². The standard InChI is InChI=1S/C25H31NO3/c1-16-21(24(28)29-18-12-8-5-9-13-18)22(17-10-6-4-7-11-17)23-19(26-16)14-25(2,3)15-20(23)27/h4,6-7,10-11,18,22,26H,5,8-9,12-15H2,1-3H3/t22-/m1/s1. The van der Waals surface area contributed by atoms with Gasteiger partial charge in [0.1, 0.15) is 6.10 Å². The lowest BCUT2D eigenvalue weighted by Gasteiger charge is -2.39. The molecule has 1 fully saturated rings. The Bertz CT molecular complexity index is 873. The number of carbonyl (C=O) groups excluding carboxylic acids is 2. The minimum atomic E-state index is -0.354. The number of esters is 1. The van der Waals surface area contributed by atoms with Gasteiger partial charge in [0.15, 0.2) is 5.78 Å². The average molecular weight is 394 g/mol. The summed E-state index contributed by atoms with van der Waals surface area (Å²) in [6.45, 7) is 6.18. The molecule has 1 atom stereocenters. The van der Waals surface area contributed by atoms with Crippen LogP contribution in [0.3, 0.4) is 0 Å². The van der Waals surface area contributed by atoms with Gasteiger partial charge in [0.05, 0.1) is 5.57 Å². The fourth-order valence-electron chi connectivity index (χ4n) is 5.08. The molecule has 0 bridgehead atoms. The second-order valence-corrected chi connectivity index (χ2v) is 9.51. The van der Waals surface area contributed by atoms with E-state index in [2.05, 4.69) is 19.2 Å². The van der Waals surface area contributed by atoms with Crippen LogP contribution in [0, 0.1) is 5.41 Å². The largest absolute Gasteiger partial charge is 0.459 e. The molecule has 2 aliphatic carbocycles. The zero-order valence-electron chi connectivity index (χ0n) is 17.7. The maximum Gasteiger partial charge on any atom is 0.337 e. The summed E-state index contributed by atoms with van der Waals surface area (Å²) in [4.78, 5) is 26.5. The third kappa shape index (κ3) is 4.03. The smallest absolute Gasteiger partial charge is 0.337 e. The molecule has 1 aromatic carbocycles. The van der Waals surface area contributed by atoms with Crippen molar-refractivity contribution in [2.45, 2.75) is 77.7 Å². The highest BCUT2D eigenvalue weighted by molar-refractivity contribution is 6.04. The average Bonchev–Trinajstić information content (AvgIpc) is 2.67. The van der Waals surface area contributed by atoms with Gasteiger partial charge in [-0.2, -0.15) is 0 Å². The second kappa shape index (κ2) is 7.81. The van der Waals surface area contributed by atoms with Crippen LogP contribution >= 0.6 is 0 Å². The van der Waals surface area contributed by atoms with Gasteiger partial charge >= 0.3 is 5.97 Å². The Balaban J connectivity index is 1.73. The van der Waals surface area contributed by atoms with Crippen molar-refractivity contribution in [2.24, 2.45) is 5.41 Å². The third-order valence-corrected chi connectivity index (χ3v) is 6.42. The molecule has 0 aromatic heterocycles. The summed E-state index contributed by atoms with van der Waals surface area (Å²) in [5.74, 6) is -0.500. The van der Waals surface area contributed by atoms with Crippen LogP contribution in [0.4, 0.5) is 0 Å². The number of ketones is 1. The van der Waals surface area contributed by atoms with E-state index in [1.54, 1.807) is 0 Å². The molecule has 29 heavy (non-hydrogen) atoms. The van der Waals surface area contributed by atoms with E-state index in [9.17, 15) is 9.59 Å². The molecule has 0 amide bonds. The molecule has 0 radical (unpaired) electrons. The fraction of sp³-hybridized carbons (Fsp3) is 0.520. The van der Waals surface area contributed by atoms with Crippen LogP contribution in [-0.4, -0.2) is 17.9 Å². The van der Waals surface area contributed by atoms with Gasteiger partial charge in [-0.25, -0.2) is 4.79 Å². The van der Waals surface area contributed by atoms with Crippen LogP contribution in [0.5, 0.6) is 0 Å². The summed E-state index contributed by atoms with van der Waals surface area (Å²) in [5, 5.41) is 3.41. The number of hydrogen-bond acceptors (Lipinski definition) is 4. The molecular formula is C25H31NO3. The van der Waals surface area contributed by atoms with E-state index >= 15 is 0 Å². The highest BCUT2D eigenvalue weighted by Crippen LogP contribution is 2.46. The van der Waals surface area contributed by atoms with Gasteiger partial charge in [0.2, 0.25) is 0 Å². The van der Waals surface area contributed by atoms with Crippen molar-refractivity contribution in [1.29, 1.82) is 0 Å². The highest BCUT2D eigenvalue weighted by Gasteiger charge is 2.43. The van der Waals surface area contributed by atoms with Crippen molar-refractivity contribution in [1.82, 2.24) is 5.32 Å². The van der Waals surface area contributed by atoms with E-state index in [1.807, 2.05) is 37.3 Å². The molecule has 4 nitrogen and oxygen atoms in total. The first-order chi connectivity index (χ1) is 13.9. The van der Waals surface area contributed by atoms with E-state index in [0.29, 0.717) is 12.0 Å². The molecule has 1 heterocycles. The SMILES string of the molecule is CC1=C(C(=O)OC2CCCCC2)[C@@H](c2ccccc2)C2=C(CC(C)(C)CC2=O)N1. The van der Waals surface area contributed by atoms with Crippen LogP contribution in [0.15, 0.2) is 52.9 Å². The Kier molecular flexibility index (Phi) is 5.37. The Morgan fingerprint density at radius 1 is 1.07 bits per heavy atom. The number of carbonyl (C=O) groups is 2. The quantitative estimate of drug-likeness (QED) is 0.720. The molecule has 154 valence electrons. The maximum absolute atomic E-state index is 13.3. The second-order valence-electron chi connectivity index (χ2n) is 9.51. The van der Waals surface area contributed by atoms with Crippen molar-refractivity contribution >= 4 is 11.8 Å². The van der Waals surface area contributed by atoms with Crippen molar-refractivity contribution in [2.75, 3.05) is 0 Å². The summed E-state index contributed by atoms with van der Waals surface area (Å²) in [7, 11) is 0. The summed E-state index contributed by atoms with van der Waals surface area (Å²) >= 11 is 0. The van der Waals surface area contributed by atoms with Gasteiger partial charge in [-0.3, -0.25) is 4.79 Å². The first-order valence-electron chi connectivity index (χ1n) is 10.9. The molecule has 4 heteroatoms. The van der Waals surface area contributed by atoms with E-state index in [-0.39, 0.29) is 29.2 Å². The predicted molar refractivity (Wildman–Crippen MR) is 113 cm³/mol. The van der Waals surface area contributed by atoms with E-state index in [4.69, 9.17) is 4.74 Å². The topological polar surface area (TPSA) is 55.4 Å². The number of allylic oxidation sites excluding steroid dienone is 3. The highest BCUT2D eigenvalue weighted by atomic mass is 16.5. The van der Waals surface area contributed by atoms with Gasteiger partial charge in [0, 0.05) is 29.3 Å². The molecule has 0 spiro atoms. The predicted octanol–water partition coefficient (Wildman–Crippen LogP) is 5.17. The van der Waals surface area contributed by atoms with Crippen LogP contribution in [0.25, 0.3) is 0 Å². The summed E-state index contributed by atoms with van der Waals surface area (Å²) in [6, 6.07) is 9.91. The van der Waals surface area contributed by atoms with E-state index < -0.39 is 0 Å². The lowest BCUT2D eigenvalue weighted by atomic mass is 9.68. The van der Waals surface area contributed by atoms with Crippen LogP contribution in [0.2, 0.25) is 0 Å². The third-order valence-electron chi connectivity index (χ3n) is 6.42. The molecule has 3 aliphatic rings. The first-order valence-corrected chi connectivity index (χ1v) is 10.9. The number of rotatable bonds is 3. The van der Waals surface area contributed by atoms with E-state index in [0.717, 1.165) is 54.6 Å². The van der Waals surface area contributed by atoms with Crippen molar-refractivity contribution in [3.05, 3.63) is 58.4 Å². The zero-order valence-corrected chi connectivity index (χ0v) is 17.7. The first kappa shape index (κ1) is 19.9. The maximum atomic E-state index is 13.3. The number of ether oxygens (including phenoxy) is 1. The number of hydrogen-bond donors (Lipinski definition) is 1. The van der Waals surface area contributed by atoms with Gasteiger partial charge in [0.25, 0.3) is 0 Å². The van der Waals surface area contributed by atoms with Gasteiger partial charge in [-0.05, 0) is 50.0 Å².